The van der Waals surface area contributed by atoms with Crippen molar-refractivity contribution in [1.29, 1.82) is 5.26 Å². The van der Waals surface area contributed by atoms with Crippen LogP contribution in [0, 0.1) is 11.3 Å². The SMILES string of the molecule is N#Cc1c(O)c2c(C3CC3c3ccccc3)c(Cl)sc2[nH]c1=O. The maximum Gasteiger partial charge on any atom is 0.270 e. The van der Waals surface area contributed by atoms with Gasteiger partial charge in [0.25, 0.3) is 5.56 Å². The summed E-state index contributed by atoms with van der Waals surface area (Å²) in [7, 11) is 0. The lowest BCUT2D eigenvalue weighted by Gasteiger charge is -2.03. The molecule has 4 nitrogen and oxygen atoms in total. The van der Waals surface area contributed by atoms with Gasteiger partial charge in [-0.05, 0) is 29.4 Å². The number of H-pyrrole nitrogens is 1. The topological polar surface area (TPSA) is 76.9 Å². The van der Waals surface area contributed by atoms with Gasteiger partial charge in [0.2, 0.25) is 0 Å². The van der Waals surface area contributed by atoms with Gasteiger partial charge in [-0.25, -0.2) is 0 Å². The van der Waals surface area contributed by atoms with E-state index in [1.807, 2.05) is 18.2 Å². The van der Waals surface area contributed by atoms with E-state index in [4.69, 9.17) is 16.9 Å². The van der Waals surface area contributed by atoms with Gasteiger partial charge in [-0.3, -0.25) is 4.79 Å². The normalized spacial score (nSPS) is 19.7. The first-order valence-corrected chi connectivity index (χ1v) is 8.33. The number of hydrogen-bond acceptors (Lipinski definition) is 4. The van der Waals surface area contributed by atoms with Crippen LogP contribution >= 0.6 is 22.9 Å². The van der Waals surface area contributed by atoms with Crippen molar-refractivity contribution in [3.63, 3.8) is 0 Å². The second-order valence-corrected chi connectivity index (χ2v) is 7.27. The number of aromatic nitrogens is 1. The third-order valence-electron chi connectivity index (χ3n) is 4.33. The predicted octanol–water partition coefficient (Wildman–Crippen LogP) is 4.09. The van der Waals surface area contributed by atoms with E-state index < -0.39 is 5.56 Å². The van der Waals surface area contributed by atoms with Gasteiger partial charge in [0.15, 0.2) is 5.56 Å². The molecule has 0 saturated heterocycles. The molecule has 23 heavy (non-hydrogen) atoms. The Morgan fingerprint density at radius 3 is 2.74 bits per heavy atom. The van der Waals surface area contributed by atoms with Gasteiger partial charge in [-0.15, -0.1) is 11.3 Å². The molecule has 0 aliphatic heterocycles. The van der Waals surface area contributed by atoms with Gasteiger partial charge in [-0.1, -0.05) is 41.9 Å². The first-order valence-electron chi connectivity index (χ1n) is 7.14. The Morgan fingerprint density at radius 1 is 1.30 bits per heavy atom. The molecule has 1 fully saturated rings. The number of nitrogens with one attached hydrogen (secondary N) is 1. The van der Waals surface area contributed by atoms with Crippen molar-refractivity contribution >= 4 is 33.2 Å². The maximum atomic E-state index is 11.8. The van der Waals surface area contributed by atoms with Crippen molar-refractivity contribution in [3.05, 3.63) is 61.7 Å². The van der Waals surface area contributed by atoms with Crippen molar-refractivity contribution in [3.8, 4) is 11.8 Å². The maximum absolute atomic E-state index is 11.8. The van der Waals surface area contributed by atoms with Gasteiger partial charge in [0, 0.05) is 0 Å². The van der Waals surface area contributed by atoms with Crippen LogP contribution in [0.1, 0.15) is 34.9 Å². The van der Waals surface area contributed by atoms with E-state index in [2.05, 4.69) is 17.1 Å². The molecule has 0 bridgehead atoms. The molecule has 4 rings (SSSR count). The average molecular weight is 343 g/mol. The molecule has 2 unspecified atom stereocenters. The molecule has 6 heteroatoms. The van der Waals surface area contributed by atoms with Crippen LogP contribution in [0.25, 0.3) is 10.2 Å². The number of hydrogen-bond donors (Lipinski definition) is 2. The smallest absolute Gasteiger partial charge is 0.270 e. The fourth-order valence-electron chi connectivity index (χ4n) is 3.16. The molecule has 0 amide bonds. The molecule has 0 radical (unpaired) electrons. The average Bonchev–Trinajstić information content (AvgIpc) is 3.25. The third kappa shape index (κ3) is 2.14. The van der Waals surface area contributed by atoms with E-state index in [-0.39, 0.29) is 17.2 Å². The standard InChI is InChI=1S/C17H11ClN2O2S/c18-15-12(10-6-9(10)8-4-2-1-3-5-8)13-14(21)11(7-19)16(22)20-17(13)23-15/h1-5,9-10H,6H2,(H2,20,21,22). The fourth-order valence-corrected chi connectivity index (χ4v) is 4.62. The van der Waals surface area contributed by atoms with E-state index in [0.29, 0.717) is 20.5 Å². The molecular weight excluding hydrogens is 332 g/mol. The second-order valence-electron chi connectivity index (χ2n) is 5.64. The van der Waals surface area contributed by atoms with Crippen LogP contribution in [0.15, 0.2) is 35.1 Å². The highest BCUT2D eigenvalue weighted by molar-refractivity contribution is 7.22. The van der Waals surface area contributed by atoms with Crippen molar-refractivity contribution in [2.45, 2.75) is 18.3 Å². The van der Waals surface area contributed by atoms with Crippen molar-refractivity contribution in [1.82, 2.24) is 4.98 Å². The number of halogens is 1. The fraction of sp³-hybridized carbons (Fsp3) is 0.176. The summed E-state index contributed by atoms with van der Waals surface area (Å²) in [4.78, 5) is 15.0. The quantitative estimate of drug-likeness (QED) is 0.736. The van der Waals surface area contributed by atoms with Crippen LogP contribution in [0.5, 0.6) is 5.75 Å². The van der Waals surface area contributed by atoms with E-state index >= 15 is 0 Å². The highest BCUT2D eigenvalue weighted by Gasteiger charge is 2.43. The molecule has 2 heterocycles. The molecule has 1 aromatic carbocycles. The lowest BCUT2D eigenvalue weighted by molar-refractivity contribution is 0.478. The molecule has 2 aromatic heterocycles. The van der Waals surface area contributed by atoms with E-state index in [1.165, 1.54) is 16.9 Å². The zero-order chi connectivity index (χ0) is 16.1. The molecule has 114 valence electrons. The number of aromatic amines is 1. The van der Waals surface area contributed by atoms with Crippen LogP contribution in [-0.2, 0) is 0 Å². The lowest BCUT2D eigenvalue weighted by Crippen LogP contribution is -2.09. The molecule has 1 saturated carbocycles. The summed E-state index contributed by atoms with van der Waals surface area (Å²) < 4.78 is 0.560. The largest absolute Gasteiger partial charge is 0.506 e. The highest BCUT2D eigenvalue weighted by atomic mass is 35.5. The summed E-state index contributed by atoms with van der Waals surface area (Å²) in [5.41, 5.74) is 1.23. The third-order valence-corrected chi connectivity index (χ3v) is 5.67. The lowest BCUT2D eigenvalue weighted by atomic mass is 10.0. The van der Waals surface area contributed by atoms with E-state index in [1.54, 1.807) is 6.07 Å². The summed E-state index contributed by atoms with van der Waals surface area (Å²) in [6, 6.07) is 11.9. The molecule has 1 aliphatic rings. The van der Waals surface area contributed by atoms with Crippen LogP contribution < -0.4 is 5.56 Å². The Kier molecular flexibility index (Phi) is 3.19. The number of nitrogens with zero attached hydrogens (tertiary/aromatic N) is 1. The number of pyridine rings is 1. The molecular formula is C17H11ClN2O2S. The van der Waals surface area contributed by atoms with Gasteiger partial charge in [0.1, 0.15) is 16.6 Å². The van der Waals surface area contributed by atoms with Gasteiger partial charge in [-0.2, -0.15) is 5.26 Å². The van der Waals surface area contributed by atoms with Crippen LogP contribution in [0.3, 0.4) is 0 Å². The Labute approximate surface area is 140 Å². The Morgan fingerprint density at radius 2 is 2.04 bits per heavy atom. The number of nitriles is 1. The molecule has 2 N–H and O–H groups in total. The summed E-state index contributed by atoms with van der Waals surface area (Å²) in [5.74, 6) is 0.286. The number of rotatable bonds is 2. The summed E-state index contributed by atoms with van der Waals surface area (Å²) in [6.07, 6.45) is 0.940. The zero-order valence-electron chi connectivity index (χ0n) is 11.8. The first-order chi connectivity index (χ1) is 11.1. The molecule has 3 aromatic rings. The zero-order valence-corrected chi connectivity index (χ0v) is 13.4. The number of thiophene rings is 1. The van der Waals surface area contributed by atoms with Crippen LogP contribution in [-0.4, -0.2) is 10.1 Å². The minimum Gasteiger partial charge on any atom is -0.506 e. The van der Waals surface area contributed by atoms with Crippen LogP contribution in [0.2, 0.25) is 4.34 Å². The Bertz CT molecular complexity index is 1020. The number of benzene rings is 1. The molecule has 0 spiro atoms. The van der Waals surface area contributed by atoms with Gasteiger partial charge in [0.05, 0.1) is 9.72 Å². The Balaban J connectivity index is 1.88. The summed E-state index contributed by atoms with van der Waals surface area (Å²) in [6.45, 7) is 0. The highest BCUT2D eigenvalue weighted by Crippen LogP contribution is 2.59. The van der Waals surface area contributed by atoms with Crippen LogP contribution in [0.4, 0.5) is 0 Å². The monoisotopic (exact) mass is 342 g/mol. The minimum atomic E-state index is -0.586. The van der Waals surface area contributed by atoms with Crippen molar-refractivity contribution in [2.24, 2.45) is 0 Å². The summed E-state index contributed by atoms with van der Waals surface area (Å²) >= 11 is 7.61. The Hall–Kier alpha value is -2.29. The molecule has 1 aliphatic carbocycles. The van der Waals surface area contributed by atoms with Crippen molar-refractivity contribution in [2.75, 3.05) is 0 Å². The number of aromatic hydroxyl groups is 1. The van der Waals surface area contributed by atoms with E-state index in [9.17, 15) is 9.90 Å². The van der Waals surface area contributed by atoms with Crippen molar-refractivity contribution < 1.29 is 5.11 Å². The van der Waals surface area contributed by atoms with Gasteiger partial charge >= 0.3 is 0 Å². The first kappa shape index (κ1) is 14.3. The molecule has 2 atom stereocenters. The predicted molar refractivity (Wildman–Crippen MR) is 90.4 cm³/mol. The van der Waals surface area contributed by atoms with Gasteiger partial charge < -0.3 is 10.1 Å². The minimum absolute atomic E-state index is 0.196. The van der Waals surface area contributed by atoms with E-state index in [0.717, 1.165) is 12.0 Å². The summed E-state index contributed by atoms with van der Waals surface area (Å²) in [5, 5.41) is 20.0. The number of fused-ring (bicyclic) bond motifs is 1. The second kappa shape index (κ2) is 5.12.